The predicted molar refractivity (Wildman–Crippen MR) is 128 cm³/mol. The van der Waals surface area contributed by atoms with E-state index < -0.39 is 0 Å². The van der Waals surface area contributed by atoms with Crippen molar-refractivity contribution in [3.05, 3.63) is 70.9 Å². The van der Waals surface area contributed by atoms with Gasteiger partial charge in [-0.05, 0) is 61.5 Å². The van der Waals surface area contributed by atoms with E-state index in [0.717, 1.165) is 42.8 Å². The summed E-state index contributed by atoms with van der Waals surface area (Å²) in [5, 5.41) is 15.2. The largest absolute Gasteiger partial charge is 0.493 e. The second-order valence-electron chi connectivity index (χ2n) is 8.43. The maximum absolute atomic E-state index is 11.0. The van der Waals surface area contributed by atoms with Crippen LogP contribution in [0.3, 0.4) is 0 Å². The Morgan fingerprint density at radius 3 is 2.52 bits per heavy atom. The van der Waals surface area contributed by atoms with Gasteiger partial charge in [-0.1, -0.05) is 47.7 Å². The average Bonchev–Trinajstić information content (AvgIpc) is 3.44. The third-order valence-electron chi connectivity index (χ3n) is 6.49. The van der Waals surface area contributed by atoms with Crippen molar-refractivity contribution in [3.8, 4) is 17.4 Å². The zero-order valence-electron chi connectivity index (χ0n) is 18.8. The van der Waals surface area contributed by atoms with E-state index in [2.05, 4.69) is 51.4 Å². The molecule has 2 aromatic heterocycles. The van der Waals surface area contributed by atoms with Crippen LogP contribution in [-0.4, -0.2) is 51.9 Å². The number of fused-ring (bicyclic) bond motifs is 1. The third kappa shape index (κ3) is 4.28. The Morgan fingerprint density at radius 1 is 1.06 bits per heavy atom. The summed E-state index contributed by atoms with van der Waals surface area (Å²) >= 11 is 1.48. The Balaban J connectivity index is 1.45. The first-order chi connectivity index (χ1) is 16.2. The number of nitrogens with zero attached hydrogens (tertiary/aromatic N) is 4. The minimum Gasteiger partial charge on any atom is -0.493 e. The molecule has 7 nitrogen and oxygen atoms in total. The van der Waals surface area contributed by atoms with E-state index in [9.17, 15) is 5.11 Å². The molecule has 0 aliphatic carbocycles. The van der Waals surface area contributed by atoms with Crippen molar-refractivity contribution >= 4 is 16.3 Å². The topological polar surface area (TPSA) is 72.1 Å². The van der Waals surface area contributed by atoms with E-state index in [1.807, 2.05) is 12.1 Å². The zero-order valence-corrected chi connectivity index (χ0v) is 19.7. The van der Waals surface area contributed by atoms with Crippen molar-refractivity contribution in [2.45, 2.75) is 25.3 Å². The molecule has 8 heteroatoms. The Kier molecular flexibility index (Phi) is 6.20. The summed E-state index contributed by atoms with van der Waals surface area (Å²) in [6.07, 6.45) is 4.80. The highest BCUT2D eigenvalue weighted by molar-refractivity contribution is 7.17. The number of thiazole rings is 1. The summed E-state index contributed by atoms with van der Waals surface area (Å²) in [5.41, 5.74) is 2.45. The smallest absolute Gasteiger partial charge is 0.230 e. The van der Waals surface area contributed by atoms with E-state index in [1.165, 1.54) is 27.7 Å². The van der Waals surface area contributed by atoms with Gasteiger partial charge in [-0.25, -0.2) is 4.98 Å². The fourth-order valence-corrected chi connectivity index (χ4v) is 5.88. The van der Waals surface area contributed by atoms with Crippen LogP contribution in [0.25, 0.3) is 4.96 Å². The van der Waals surface area contributed by atoms with Crippen LogP contribution in [0.2, 0.25) is 0 Å². The van der Waals surface area contributed by atoms with Gasteiger partial charge in [0.2, 0.25) is 10.8 Å². The molecule has 0 spiro atoms. The molecule has 2 aromatic carbocycles. The van der Waals surface area contributed by atoms with Gasteiger partial charge in [-0.2, -0.15) is 9.61 Å². The van der Waals surface area contributed by atoms with Crippen molar-refractivity contribution in [2.75, 3.05) is 27.3 Å². The van der Waals surface area contributed by atoms with E-state index in [1.54, 1.807) is 14.2 Å². The van der Waals surface area contributed by atoms with Gasteiger partial charge in [-0.15, -0.1) is 0 Å². The summed E-state index contributed by atoms with van der Waals surface area (Å²) < 4.78 is 12.5. The highest BCUT2D eigenvalue weighted by atomic mass is 32.1. The molecule has 33 heavy (non-hydrogen) atoms. The minimum absolute atomic E-state index is 0.115. The number of aromatic nitrogens is 3. The van der Waals surface area contributed by atoms with Crippen LogP contribution in [0.5, 0.6) is 17.4 Å². The molecule has 0 saturated carbocycles. The second kappa shape index (κ2) is 9.41. The van der Waals surface area contributed by atoms with Crippen LogP contribution in [0.4, 0.5) is 0 Å². The van der Waals surface area contributed by atoms with Gasteiger partial charge in [0.1, 0.15) is 6.33 Å². The van der Waals surface area contributed by atoms with Gasteiger partial charge in [0.25, 0.3) is 0 Å². The Bertz CT molecular complexity index is 1220. The number of aromatic hydroxyl groups is 1. The molecule has 172 valence electrons. The fraction of sp³-hybridized carbons (Fsp3) is 0.360. The normalized spacial score (nSPS) is 16.2. The van der Waals surface area contributed by atoms with Crippen LogP contribution in [0.15, 0.2) is 54.9 Å². The molecule has 1 aliphatic rings. The molecule has 5 rings (SSSR count). The van der Waals surface area contributed by atoms with Gasteiger partial charge < -0.3 is 14.6 Å². The first-order valence-electron chi connectivity index (χ1n) is 11.2. The van der Waals surface area contributed by atoms with Gasteiger partial charge in [-0.3, -0.25) is 4.90 Å². The number of benzene rings is 2. The molecule has 1 aliphatic heterocycles. The number of piperidine rings is 1. The molecular weight excluding hydrogens is 436 g/mol. The molecular formula is C25H28N4O3S. The van der Waals surface area contributed by atoms with Crippen LogP contribution in [0, 0.1) is 5.92 Å². The number of ether oxygens (including phenoxy) is 2. The minimum atomic E-state index is -0.115. The lowest BCUT2D eigenvalue weighted by molar-refractivity contribution is 0.150. The van der Waals surface area contributed by atoms with Crippen molar-refractivity contribution in [1.82, 2.24) is 19.5 Å². The molecule has 1 unspecified atom stereocenters. The average molecular weight is 465 g/mol. The fourth-order valence-electron chi connectivity index (χ4n) is 4.79. The molecule has 1 atom stereocenters. The van der Waals surface area contributed by atoms with E-state index in [-0.39, 0.29) is 11.9 Å². The second-order valence-corrected chi connectivity index (χ2v) is 9.44. The molecule has 1 saturated heterocycles. The maximum atomic E-state index is 11.0. The van der Waals surface area contributed by atoms with Crippen LogP contribution < -0.4 is 9.47 Å². The highest BCUT2D eigenvalue weighted by Gasteiger charge is 2.32. The zero-order chi connectivity index (χ0) is 22.8. The summed E-state index contributed by atoms with van der Waals surface area (Å²) in [7, 11) is 3.28. The number of hydrogen-bond acceptors (Lipinski definition) is 7. The van der Waals surface area contributed by atoms with Crippen molar-refractivity contribution in [2.24, 2.45) is 5.92 Å². The Morgan fingerprint density at radius 2 is 1.82 bits per heavy atom. The number of likely N-dealkylation sites (tertiary alicyclic amines) is 1. The van der Waals surface area contributed by atoms with E-state index in [0.29, 0.717) is 22.4 Å². The predicted octanol–water partition coefficient (Wildman–Crippen LogP) is 4.56. The Hall–Kier alpha value is -3.10. The van der Waals surface area contributed by atoms with Gasteiger partial charge in [0.15, 0.2) is 11.5 Å². The van der Waals surface area contributed by atoms with E-state index >= 15 is 0 Å². The van der Waals surface area contributed by atoms with Gasteiger partial charge >= 0.3 is 0 Å². The van der Waals surface area contributed by atoms with Crippen LogP contribution in [-0.2, 0) is 6.42 Å². The molecule has 1 fully saturated rings. The molecule has 0 radical (unpaired) electrons. The molecule has 1 N–H and O–H groups in total. The van der Waals surface area contributed by atoms with Gasteiger partial charge in [0, 0.05) is 0 Å². The molecule has 0 bridgehead atoms. The van der Waals surface area contributed by atoms with Gasteiger partial charge in [0.05, 0.1) is 25.1 Å². The van der Waals surface area contributed by atoms with Crippen LogP contribution in [0.1, 0.15) is 34.9 Å². The Labute approximate surface area is 197 Å². The van der Waals surface area contributed by atoms with Crippen LogP contribution >= 0.6 is 11.3 Å². The van der Waals surface area contributed by atoms with Crippen molar-refractivity contribution in [1.29, 1.82) is 0 Å². The summed E-state index contributed by atoms with van der Waals surface area (Å²) in [6.45, 7) is 1.90. The number of rotatable bonds is 7. The molecule has 0 amide bonds. The number of hydrogen-bond donors (Lipinski definition) is 1. The lowest BCUT2D eigenvalue weighted by Crippen LogP contribution is -2.37. The van der Waals surface area contributed by atoms with E-state index in [4.69, 9.17) is 9.47 Å². The lowest BCUT2D eigenvalue weighted by atomic mass is 9.88. The maximum Gasteiger partial charge on any atom is 0.230 e. The quantitative estimate of drug-likeness (QED) is 0.432. The SMILES string of the molecule is COc1ccc(C(c2sc3ncnn3c2O)N2CCC(Cc3ccccc3)CC2)cc1OC. The summed E-state index contributed by atoms with van der Waals surface area (Å²) in [4.78, 5) is 8.27. The lowest BCUT2D eigenvalue weighted by Gasteiger charge is -2.37. The highest BCUT2D eigenvalue weighted by Crippen LogP contribution is 2.43. The number of methoxy groups -OCH3 is 2. The summed E-state index contributed by atoms with van der Waals surface area (Å²) in [5.74, 6) is 2.18. The van der Waals surface area contributed by atoms with Crippen molar-refractivity contribution in [3.63, 3.8) is 0 Å². The summed E-state index contributed by atoms with van der Waals surface area (Å²) in [6, 6.07) is 16.6. The first kappa shape index (κ1) is 21.7. The third-order valence-corrected chi connectivity index (χ3v) is 7.58. The monoisotopic (exact) mass is 464 g/mol. The first-order valence-corrected chi connectivity index (χ1v) is 12.0. The van der Waals surface area contributed by atoms with Crippen molar-refractivity contribution < 1.29 is 14.6 Å². The standard InChI is InChI=1S/C25H28N4O3S/c1-31-20-9-8-19(15-21(20)32-2)22(23-24(30)29-25(33-23)26-16-27-29)28-12-10-18(11-13-28)14-17-6-4-3-5-7-17/h3-9,15-16,18,22,30H,10-14H2,1-2H3. The molecule has 4 aromatic rings. The molecule has 3 heterocycles.